The standard InChI is InChI=1S/C19H23ClN4O5S/c1-2-29-19(26)17(23-21)18(25)16-11-24(8-7-22-16)30(27,28)15-6-4-12-9-14(20)5-3-13(12)10-15/h3-6,9-10,16-17,22-23H,2,7-8,11,21H2,1H3. The number of sulfonamides is 1. The Labute approximate surface area is 179 Å². The third kappa shape index (κ3) is 4.64. The Bertz CT molecular complexity index is 1060. The minimum Gasteiger partial charge on any atom is -0.464 e. The molecule has 9 nitrogen and oxygen atoms in total. The number of nitrogens with zero attached hydrogens (tertiary/aromatic N) is 1. The number of ketones is 1. The second kappa shape index (κ2) is 9.38. The van der Waals surface area contributed by atoms with E-state index in [-0.39, 0.29) is 31.1 Å². The maximum Gasteiger partial charge on any atom is 0.332 e. The van der Waals surface area contributed by atoms with E-state index >= 15 is 0 Å². The number of ether oxygens (including phenoxy) is 1. The second-order valence-corrected chi connectivity index (χ2v) is 9.15. The normalized spacial score (nSPS) is 18.8. The van der Waals surface area contributed by atoms with Gasteiger partial charge in [0.1, 0.15) is 0 Å². The topological polar surface area (TPSA) is 131 Å². The molecule has 2 atom stereocenters. The van der Waals surface area contributed by atoms with Crippen molar-refractivity contribution in [1.82, 2.24) is 15.0 Å². The SMILES string of the molecule is CCOC(=O)C(NN)C(=O)C1CN(S(=O)(=O)c2ccc3cc(Cl)ccc3c2)CCN1. The number of halogens is 1. The number of carbonyl (C=O) groups excluding carboxylic acids is 2. The van der Waals surface area contributed by atoms with E-state index in [4.69, 9.17) is 22.2 Å². The van der Waals surface area contributed by atoms with E-state index in [1.54, 1.807) is 37.3 Å². The van der Waals surface area contributed by atoms with Crippen LogP contribution in [0.3, 0.4) is 0 Å². The lowest BCUT2D eigenvalue weighted by molar-refractivity contribution is -0.149. The first kappa shape index (κ1) is 22.6. The van der Waals surface area contributed by atoms with Crippen molar-refractivity contribution in [2.24, 2.45) is 5.84 Å². The van der Waals surface area contributed by atoms with Gasteiger partial charge >= 0.3 is 5.97 Å². The first-order chi connectivity index (χ1) is 14.3. The number of esters is 1. The lowest BCUT2D eigenvalue weighted by Gasteiger charge is -2.33. The van der Waals surface area contributed by atoms with Crippen LogP contribution in [0.1, 0.15) is 6.92 Å². The van der Waals surface area contributed by atoms with Crippen molar-refractivity contribution in [2.45, 2.75) is 23.9 Å². The predicted octanol–water partition coefficient (Wildman–Crippen LogP) is 0.420. The molecule has 0 radical (unpaired) electrons. The summed E-state index contributed by atoms with van der Waals surface area (Å²) in [6.45, 7) is 2.01. The van der Waals surface area contributed by atoms with Gasteiger partial charge < -0.3 is 10.1 Å². The predicted molar refractivity (Wildman–Crippen MR) is 112 cm³/mol. The molecule has 4 N–H and O–H groups in total. The fraction of sp³-hybridized carbons (Fsp3) is 0.368. The second-order valence-electron chi connectivity index (χ2n) is 6.78. The van der Waals surface area contributed by atoms with E-state index in [0.717, 1.165) is 10.8 Å². The van der Waals surface area contributed by atoms with Gasteiger partial charge in [-0.3, -0.25) is 10.6 Å². The molecule has 0 spiro atoms. The molecule has 3 rings (SSSR count). The minimum absolute atomic E-state index is 0.0933. The average Bonchev–Trinajstić information content (AvgIpc) is 2.74. The molecule has 1 saturated heterocycles. The van der Waals surface area contributed by atoms with Gasteiger partial charge in [0.25, 0.3) is 0 Å². The lowest BCUT2D eigenvalue weighted by Crippen LogP contribution is -2.61. The maximum atomic E-state index is 13.2. The molecule has 2 aromatic rings. The molecule has 11 heteroatoms. The third-order valence-corrected chi connectivity index (χ3v) is 6.96. The van der Waals surface area contributed by atoms with Gasteiger partial charge in [-0.1, -0.05) is 23.7 Å². The zero-order valence-electron chi connectivity index (χ0n) is 16.3. The molecule has 1 aliphatic rings. The van der Waals surface area contributed by atoms with Gasteiger partial charge in [0, 0.05) is 24.7 Å². The Morgan fingerprint density at radius 2 is 2.00 bits per heavy atom. The van der Waals surface area contributed by atoms with Crippen LogP contribution < -0.4 is 16.6 Å². The van der Waals surface area contributed by atoms with Crippen molar-refractivity contribution in [1.29, 1.82) is 0 Å². The van der Waals surface area contributed by atoms with E-state index in [0.29, 0.717) is 5.02 Å². The van der Waals surface area contributed by atoms with Crippen molar-refractivity contribution in [2.75, 3.05) is 26.2 Å². The zero-order chi connectivity index (χ0) is 21.9. The molecule has 0 amide bonds. The van der Waals surface area contributed by atoms with Crippen LogP contribution in [0.25, 0.3) is 10.8 Å². The molecule has 0 aromatic heterocycles. The van der Waals surface area contributed by atoms with Crippen molar-refractivity contribution in [3.63, 3.8) is 0 Å². The van der Waals surface area contributed by atoms with Gasteiger partial charge in [-0.25, -0.2) is 18.6 Å². The van der Waals surface area contributed by atoms with Gasteiger partial charge in [0.15, 0.2) is 11.8 Å². The summed E-state index contributed by atoms with van der Waals surface area (Å²) in [5.74, 6) is 3.96. The molecular formula is C19H23ClN4O5S. The van der Waals surface area contributed by atoms with Crippen molar-refractivity contribution >= 4 is 44.1 Å². The number of hydrogen-bond donors (Lipinski definition) is 3. The molecule has 1 aliphatic heterocycles. The molecule has 30 heavy (non-hydrogen) atoms. The van der Waals surface area contributed by atoms with Crippen molar-refractivity contribution in [3.8, 4) is 0 Å². The summed E-state index contributed by atoms with van der Waals surface area (Å²) in [4.78, 5) is 24.8. The summed E-state index contributed by atoms with van der Waals surface area (Å²) in [5.41, 5.74) is 2.15. The van der Waals surface area contributed by atoms with Crippen LogP contribution in [0.4, 0.5) is 0 Å². The van der Waals surface area contributed by atoms with Crippen LogP contribution in [0.15, 0.2) is 41.3 Å². The molecule has 1 heterocycles. The number of carbonyl (C=O) groups is 2. The molecular weight excluding hydrogens is 432 g/mol. The van der Waals surface area contributed by atoms with Gasteiger partial charge in [-0.15, -0.1) is 0 Å². The van der Waals surface area contributed by atoms with Crippen LogP contribution >= 0.6 is 11.6 Å². The van der Waals surface area contributed by atoms with Gasteiger partial charge in [-0.05, 0) is 42.0 Å². The van der Waals surface area contributed by atoms with Crippen LogP contribution in [0, 0.1) is 0 Å². The summed E-state index contributed by atoms with van der Waals surface area (Å²) >= 11 is 5.98. The Hall–Kier alpha value is -2.08. The summed E-state index contributed by atoms with van der Waals surface area (Å²) in [6.07, 6.45) is 0. The smallest absolute Gasteiger partial charge is 0.332 e. The molecule has 2 unspecified atom stereocenters. The van der Waals surface area contributed by atoms with E-state index in [1.807, 2.05) is 0 Å². The fourth-order valence-electron chi connectivity index (χ4n) is 3.33. The number of nitrogens with two attached hydrogens (primary N) is 1. The van der Waals surface area contributed by atoms with E-state index < -0.39 is 33.9 Å². The van der Waals surface area contributed by atoms with E-state index in [2.05, 4.69) is 10.7 Å². The highest BCUT2D eigenvalue weighted by Crippen LogP contribution is 2.25. The van der Waals surface area contributed by atoms with Crippen molar-refractivity contribution < 1.29 is 22.7 Å². The largest absolute Gasteiger partial charge is 0.464 e. The van der Waals surface area contributed by atoms with Gasteiger partial charge in [0.2, 0.25) is 10.0 Å². The molecule has 0 bridgehead atoms. The molecule has 162 valence electrons. The number of fused-ring (bicyclic) bond motifs is 1. The highest BCUT2D eigenvalue weighted by atomic mass is 35.5. The summed E-state index contributed by atoms with van der Waals surface area (Å²) in [7, 11) is -3.85. The number of nitrogens with one attached hydrogen (secondary N) is 2. The Balaban J connectivity index is 1.82. The van der Waals surface area contributed by atoms with E-state index in [9.17, 15) is 18.0 Å². The number of rotatable bonds is 7. The third-order valence-electron chi connectivity index (χ3n) is 4.87. The zero-order valence-corrected chi connectivity index (χ0v) is 17.9. The molecule has 1 fully saturated rings. The van der Waals surface area contributed by atoms with Gasteiger partial charge in [-0.2, -0.15) is 4.31 Å². The van der Waals surface area contributed by atoms with Crippen LogP contribution in [-0.4, -0.2) is 62.8 Å². The molecule has 2 aromatic carbocycles. The summed E-state index contributed by atoms with van der Waals surface area (Å²) < 4.78 is 32.4. The molecule has 0 aliphatic carbocycles. The first-order valence-corrected chi connectivity index (χ1v) is 11.2. The first-order valence-electron chi connectivity index (χ1n) is 9.37. The average molecular weight is 455 g/mol. The highest BCUT2D eigenvalue weighted by molar-refractivity contribution is 7.89. The quantitative estimate of drug-likeness (QED) is 0.237. The number of Topliss-reactive ketones (excluding diaryl/α,β-unsaturated/α-hetero) is 1. The fourth-order valence-corrected chi connectivity index (χ4v) is 5.00. The van der Waals surface area contributed by atoms with Crippen LogP contribution in [0.5, 0.6) is 0 Å². The van der Waals surface area contributed by atoms with Gasteiger partial charge in [0.05, 0.1) is 17.5 Å². The minimum atomic E-state index is -3.85. The van der Waals surface area contributed by atoms with Crippen LogP contribution in [-0.2, 0) is 24.3 Å². The number of hydrogen-bond acceptors (Lipinski definition) is 8. The van der Waals surface area contributed by atoms with Crippen LogP contribution in [0.2, 0.25) is 5.02 Å². The van der Waals surface area contributed by atoms with E-state index in [1.165, 1.54) is 10.4 Å². The Morgan fingerprint density at radius 1 is 1.30 bits per heavy atom. The monoisotopic (exact) mass is 454 g/mol. The summed E-state index contributed by atoms with van der Waals surface area (Å²) in [6, 6.07) is 7.68. The molecule has 0 saturated carbocycles. The highest BCUT2D eigenvalue weighted by Gasteiger charge is 2.38. The Morgan fingerprint density at radius 3 is 2.70 bits per heavy atom. The number of benzene rings is 2. The summed E-state index contributed by atoms with van der Waals surface area (Å²) in [5, 5.41) is 5.06. The maximum absolute atomic E-state index is 13.2. The number of piperazine rings is 1. The van der Waals surface area contributed by atoms with Crippen molar-refractivity contribution in [3.05, 3.63) is 41.4 Å². The number of hydrazine groups is 1. The Kier molecular flexibility index (Phi) is 7.06. The lowest BCUT2D eigenvalue weighted by atomic mass is 10.0.